The minimum absolute atomic E-state index is 0.187. The molecule has 0 fully saturated rings. The lowest BCUT2D eigenvalue weighted by atomic mass is 10.0. The van der Waals surface area contributed by atoms with Gasteiger partial charge in [-0.2, -0.15) is 0 Å². The largest absolute Gasteiger partial charge is 0.493 e. The van der Waals surface area contributed by atoms with Crippen LogP contribution in [0.25, 0.3) is 0 Å². The third-order valence-electron chi connectivity index (χ3n) is 3.42. The molecule has 1 aliphatic rings. The fourth-order valence-electron chi connectivity index (χ4n) is 2.31. The van der Waals surface area contributed by atoms with Crippen LogP contribution in [-0.2, 0) is 0 Å². The summed E-state index contributed by atoms with van der Waals surface area (Å²) < 4.78 is 12.0. The standard InChI is InChI=1S/C16H13BrO4/c17-13-7-10(16(18)19)5-6-15(13)21-9-11-8-20-14-4-2-1-3-12(11)14/h1-7,11H,8-9H2,(H,18,19). The summed E-state index contributed by atoms with van der Waals surface area (Å²) in [6, 6.07) is 12.7. The van der Waals surface area contributed by atoms with Crippen molar-refractivity contribution in [2.45, 2.75) is 5.92 Å². The highest BCUT2D eigenvalue weighted by Crippen LogP contribution is 2.34. The van der Waals surface area contributed by atoms with Crippen molar-refractivity contribution in [3.63, 3.8) is 0 Å². The van der Waals surface area contributed by atoms with Crippen LogP contribution in [0.5, 0.6) is 11.5 Å². The van der Waals surface area contributed by atoms with Gasteiger partial charge in [0, 0.05) is 5.56 Å². The summed E-state index contributed by atoms with van der Waals surface area (Å²) in [5.41, 5.74) is 1.37. The van der Waals surface area contributed by atoms with Gasteiger partial charge >= 0.3 is 5.97 Å². The molecule has 0 aromatic heterocycles. The van der Waals surface area contributed by atoms with E-state index in [1.54, 1.807) is 6.07 Å². The molecule has 0 radical (unpaired) electrons. The van der Waals surface area contributed by atoms with E-state index in [1.807, 2.05) is 24.3 Å². The fourth-order valence-corrected chi connectivity index (χ4v) is 2.80. The topological polar surface area (TPSA) is 55.8 Å². The maximum atomic E-state index is 10.9. The number of rotatable bonds is 4. The first-order valence-electron chi connectivity index (χ1n) is 6.52. The number of halogens is 1. The van der Waals surface area contributed by atoms with Crippen molar-refractivity contribution in [1.82, 2.24) is 0 Å². The van der Waals surface area contributed by atoms with E-state index in [9.17, 15) is 4.79 Å². The van der Waals surface area contributed by atoms with E-state index < -0.39 is 5.97 Å². The van der Waals surface area contributed by atoms with E-state index in [1.165, 1.54) is 12.1 Å². The van der Waals surface area contributed by atoms with Gasteiger partial charge in [-0.3, -0.25) is 0 Å². The van der Waals surface area contributed by atoms with E-state index in [4.69, 9.17) is 14.6 Å². The molecule has 0 saturated heterocycles. The van der Waals surface area contributed by atoms with Gasteiger partial charge in [0.1, 0.15) is 11.5 Å². The molecule has 2 aromatic rings. The molecule has 1 heterocycles. The Morgan fingerprint density at radius 3 is 2.90 bits per heavy atom. The van der Waals surface area contributed by atoms with Crippen LogP contribution in [0.3, 0.4) is 0 Å². The minimum atomic E-state index is -0.958. The van der Waals surface area contributed by atoms with Gasteiger partial charge in [-0.15, -0.1) is 0 Å². The summed E-state index contributed by atoms with van der Waals surface area (Å²) in [7, 11) is 0. The van der Waals surface area contributed by atoms with Crippen LogP contribution in [0.4, 0.5) is 0 Å². The van der Waals surface area contributed by atoms with E-state index in [0.717, 1.165) is 11.3 Å². The molecule has 1 unspecified atom stereocenters. The molecule has 2 aromatic carbocycles. The van der Waals surface area contributed by atoms with Gasteiger partial charge in [0.15, 0.2) is 0 Å². The van der Waals surface area contributed by atoms with E-state index in [2.05, 4.69) is 15.9 Å². The Balaban J connectivity index is 1.70. The van der Waals surface area contributed by atoms with E-state index in [-0.39, 0.29) is 11.5 Å². The molecule has 0 amide bonds. The van der Waals surface area contributed by atoms with Crippen LogP contribution < -0.4 is 9.47 Å². The fraction of sp³-hybridized carbons (Fsp3) is 0.188. The molecule has 0 aliphatic carbocycles. The van der Waals surface area contributed by atoms with Crippen LogP contribution in [-0.4, -0.2) is 24.3 Å². The van der Waals surface area contributed by atoms with Crippen molar-refractivity contribution in [3.05, 3.63) is 58.1 Å². The number of hydrogen-bond acceptors (Lipinski definition) is 3. The predicted octanol–water partition coefficient (Wildman–Crippen LogP) is 3.70. The van der Waals surface area contributed by atoms with Crippen LogP contribution in [0.15, 0.2) is 46.9 Å². The van der Waals surface area contributed by atoms with E-state index in [0.29, 0.717) is 23.4 Å². The first kappa shape index (κ1) is 13.9. The van der Waals surface area contributed by atoms with Gasteiger partial charge in [-0.05, 0) is 40.2 Å². The average Bonchev–Trinajstić information content (AvgIpc) is 2.89. The third kappa shape index (κ3) is 2.88. The molecule has 0 bridgehead atoms. The average molecular weight is 349 g/mol. The number of fused-ring (bicyclic) bond motifs is 1. The summed E-state index contributed by atoms with van der Waals surface area (Å²) in [6.07, 6.45) is 0. The predicted molar refractivity (Wildman–Crippen MR) is 81.3 cm³/mol. The van der Waals surface area contributed by atoms with Crippen molar-refractivity contribution in [3.8, 4) is 11.5 Å². The van der Waals surface area contributed by atoms with Crippen molar-refractivity contribution in [1.29, 1.82) is 0 Å². The zero-order chi connectivity index (χ0) is 14.8. The second-order valence-electron chi connectivity index (χ2n) is 4.81. The summed E-state index contributed by atoms with van der Waals surface area (Å²) >= 11 is 3.34. The van der Waals surface area contributed by atoms with Gasteiger partial charge in [-0.25, -0.2) is 4.79 Å². The second kappa shape index (κ2) is 5.77. The van der Waals surface area contributed by atoms with Crippen molar-refractivity contribution < 1.29 is 19.4 Å². The number of para-hydroxylation sites is 1. The molecule has 0 spiro atoms. The third-order valence-corrected chi connectivity index (χ3v) is 4.04. The number of carboxylic acids is 1. The molecule has 3 rings (SSSR count). The molecular formula is C16H13BrO4. The van der Waals surface area contributed by atoms with Gasteiger partial charge in [0.05, 0.1) is 29.2 Å². The van der Waals surface area contributed by atoms with Gasteiger partial charge in [0.2, 0.25) is 0 Å². The Bertz CT molecular complexity index is 684. The van der Waals surface area contributed by atoms with Crippen molar-refractivity contribution in [2.24, 2.45) is 0 Å². The van der Waals surface area contributed by atoms with Crippen LogP contribution in [0.2, 0.25) is 0 Å². The highest BCUT2D eigenvalue weighted by atomic mass is 79.9. The lowest BCUT2D eigenvalue weighted by Gasteiger charge is -2.12. The number of hydrogen-bond donors (Lipinski definition) is 1. The Kier molecular flexibility index (Phi) is 3.84. The van der Waals surface area contributed by atoms with Gasteiger partial charge in [0.25, 0.3) is 0 Å². The minimum Gasteiger partial charge on any atom is -0.493 e. The number of carbonyl (C=O) groups is 1. The smallest absolute Gasteiger partial charge is 0.335 e. The summed E-state index contributed by atoms with van der Waals surface area (Å²) in [6.45, 7) is 1.09. The molecule has 1 atom stereocenters. The number of ether oxygens (including phenoxy) is 2. The Morgan fingerprint density at radius 1 is 1.33 bits per heavy atom. The zero-order valence-corrected chi connectivity index (χ0v) is 12.7. The lowest BCUT2D eigenvalue weighted by molar-refractivity contribution is 0.0696. The van der Waals surface area contributed by atoms with Gasteiger partial charge in [-0.1, -0.05) is 18.2 Å². The summed E-state index contributed by atoms with van der Waals surface area (Å²) in [5, 5.41) is 8.93. The molecule has 1 aliphatic heterocycles. The Hall–Kier alpha value is -2.01. The normalized spacial score (nSPS) is 16.1. The molecule has 4 nitrogen and oxygen atoms in total. The SMILES string of the molecule is O=C(O)c1ccc(OCC2COc3ccccc32)c(Br)c1. The van der Waals surface area contributed by atoms with Crippen LogP contribution in [0, 0.1) is 0 Å². The van der Waals surface area contributed by atoms with E-state index >= 15 is 0 Å². The molecule has 1 N–H and O–H groups in total. The molecule has 0 saturated carbocycles. The number of carboxylic acid groups (broad SMARTS) is 1. The molecular weight excluding hydrogens is 336 g/mol. The highest BCUT2D eigenvalue weighted by molar-refractivity contribution is 9.10. The second-order valence-corrected chi connectivity index (χ2v) is 5.66. The lowest BCUT2D eigenvalue weighted by Crippen LogP contribution is -2.12. The van der Waals surface area contributed by atoms with Gasteiger partial charge < -0.3 is 14.6 Å². The Labute approximate surface area is 130 Å². The first-order chi connectivity index (χ1) is 10.1. The maximum Gasteiger partial charge on any atom is 0.335 e. The maximum absolute atomic E-state index is 10.9. The molecule has 21 heavy (non-hydrogen) atoms. The number of benzene rings is 2. The van der Waals surface area contributed by atoms with Crippen molar-refractivity contribution in [2.75, 3.05) is 13.2 Å². The van der Waals surface area contributed by atoms with Crippen LogP contribution >= 0.6 is 15.9 Å². The molecule has 5 heteroatoms. The monoisotopic (exact) mass is 348 g/mol. The zero-order valence-electron chi connectivity index (χ0n) is 11.1. The Morgan fingerprint density at radius 2 is 2.14 bits per heavy atom. The highest BCUT2D eigenvalue weighted by Gasteiger charge is 2.24. The molecule has 108 valence electrons. The van der Waals surface area contributed by atoms with Crippen LogP contribution in [0.1, 0.15) is 21.8 Å². The summed E-state index contributed by atoms with van der Waals surface area (Å²) in [4.78, 5) is 10.9. The quantitative estimate of drug-likeness (QED) is 0.915. The van der Waals surface area contributed by atoms with Crippen molar-refractivity contribution >= 4 is 21.9 Å². The first-order valence-corrected chi connectivity index (χ1v) is 7.32. The summed E-state index contributed by atoms with van der Waals surface area (Å²) in [5.74, 6) is 0.767. The number of aromatic carboxylic acids is 1.